The number of rotatable bonds is 5. The minimum atomic E-state index is -0.371. The zero-order chi connectivity index (χ0) is 10.4. The highest BCUT2D eigenvalue weighted by Gasteiger charge is 2.07. The second-order valence-electron chi connectivity index (χ2n) is 2.94. The second kappa shape index (κ2) is 5.54. The number of hydrogen-bond donors (Lipinski definition) is 4. The minimum Gasteiger partial charge on any atom is -0.394 e. The van der Waals surface area contributed by atoms with Gasteiger partial charge >= 0.3 is 0 Å². The molecule has 1 aromatic heterocycles. The molecule has 0 unspecified atom stereocenters. The van der Waals surface area contributed by atoms with Gasteiger partial charge in [0.2, 0.25) is 0 Å². The summed E-state index contributed by atoms with van der Waals surface area (Å²) in [4.78, 5) is 3.93. The molecule has 14 heavy (non-hydrogen) atoms. The van der Waals surface area contributed by atoms with Crippen LogP contribution in [0.15, 0.2) is 18.5 Å². The summed E-state index contributed by atoms with van der Waals surface area (Å²) in [6.07, 6.45) is 3.28. The summed E-state index contributed by atoms with van der Waals surface area (Å²) < 4.78 is 0. The van der Waals surface area contributed by atoms with Gasteiger partial charge in [0.25, 0.3) is 0 Å². The molecule has 0 spiro atoms. The van der Waals surface area contributed by atoms with Crippen molar-refractivity contribution in [2.24, 2.45) is 5.73 Å². The topological polar surface area (TPSA) is 91.4 Å². The van der Waals surface area contributed by atoms with E-state index in [0.717, 1.165) is 11.3 Å². The van der Waals surface area contributed by atoms with Crippen LogP contribution in [0.2, 0.25) is 0 Å². The summed E-state index contributed by atoms with van der Waals surface area (Å²) >= 11 is 0. The first-order chi connectivity index (χ1) is 6.81. The number of aliphatic hydroxyl groups is 2. The van der Waals surface area contributed by atoms with Crippen LogP contribution in [0.5, 0.6) is 0 Å². The standard InChI is InChI=1S/C9H15N3O2/c10-3-7-1-2-11-4-9(7)12-8(5-13)6-14/h1-2,4,8,12-14H,3,5-6,10H2. The molecule has 5 nitrogen and oxygen atoms in total. The summed E-state index contributed by atoms with van der Waals surface area (Å²) in [6, 6.07) is 1.43. The number of hydrogen-bond acceptors (Lipinski definition) is 5. The average Bonchev–Trinajstić information content (AvgIpc) is 2.26. The molecule has 0 aliphatic carbocycles. The van der Waals surface area contributed by atoms with Crippen LogP contribution in [0.1, 0.15) is 5.56 Å². The van der Waals surface area contributed by atoms with Crippen LogP contribution in [-0.4, -0.2) is 34.5 Å². The smallest absolute Gasteiger partial charge is 0.0723 e. The Labute approximate surface area is 82.6 Å². The highest BCUT2D eigenvalue weighted by Crippen LogP contribution is 2.13. The molecule has 1 aromatic rings. The zero-order valence-corrected chi connectivity index (χ0v) is 7.85. The van der Waals surface area contributed by atoms with Crippen molar-refractivity contribution >= 4 is 5.69 Å². The Morgan fingerprint density at radius 3 is 2.71 bits per heavy atom. The molecule has 0 aliphatic rings. The number of aliphatic hydroxyl groups excluding tert-OH is 2. The normalized spacial score (nSPS) is 10.6. The van der Waals surface area contributed by atoms with Gasteiger partial charge < -0.3 is 21.3 Å². The van der Waals surface area contributed by atoms with E-state index < -0.39 is 0 Å². The molecule has 1 rings (SSSR count). The lowest BCUT2D eigenvalue weighted by Gasteiger charge is -2.16. The Hall–Kier alpha value is -1.17. The molecule has 5 heteroatoms. The molecule has 0 amide bonds. The van der Waals surface area contributed by atoms with E-state index in [1.165, 1.54) is 0 Å². The third-order valence-electron chi connectivity index (χ3n) is 1.93. The Kier molecular flexibility index (Phi) is 4.31. The third kappa shape index (κ3) is 2.66. The van der Waals surface area contributed by atoms with Gasteiger partial charge in [-0.25, -0.2) is 0 Å². The Morgan fingerprint density at radius 1 is 1.43 bits per heavy atom. The van der Waals surface area contributed by atoms with Crippen LogP contribution in [0.25, 0.3) is 0 Å². The summed E-state index contributed by atoms with van der Waals surface area (Å²) in [5.74, 6) is 0. The summed E-state index contributed by atoms with van der Waals surface area (Å²) in [6.45, 7) is 0.138. The fourth-order valence-electron chi connectivity index (χ4n) is 1.10. The molecule has 0 aliphatic heterocycles. The van der Waals surface area contributed by atoms with Crippen LogP contribution < -0.4 is 11.1 Å². The molecule has 0 fully saturated rings. The van der Waals surface area contributed by atoms with E-state index in [1.54, 1.807) is 18.5 Å². The lowest BCUT2D eigenvalue weighted by Crippen LogP contribution is -2.28. The van der Waals surface area contributed by atoms with Crippen molar-refractivity contribution in [1.29, 1.82) is 0 Å². The van der Waals surface area contributed by atoms with Crippen LogP contribution in [0.4, 0.5) is 5.69 Å². The quantitative estimate of drug-likeness (QED) is 0.501. The van der Waals surface area contributed by atoms with Crippen molar-refractivity contribution in [3.63, 3.8) is 0 Å². The zero-order valence-electron chi connectivity index (χ0n) is 7.85. The number of nitrogens with one attached hydrogen (secondary N) is 1. The highest BCUT2D eigenvalue weighted by molar-refractivity contribution is 5.49. The van der Waals surface area contributed by atoms with E-state index in [-0.39, 0.29) is 19.3 Å². The maximum absolute atomic E-state index is 8.88. The van der Waals surface area contributed by atoms with E-state index in [4.69, 9.17) is 15.9 Å². The molecular formula is C9H15N3O2. The van der Waals surface area contributed by atoms with Gasteiger partial charge in [-0.2, -0.15) is 0 Å². The van der Waals surface area contributed by atoms with E-state index in [0.29, 0.717) is 6.54 Å². The van der Waals surface area contributed by atoms with Crippen LogP contribution in [0, 0.1) is 0 Å². The second-order valence-corrected chi connectivity index (χ2v) is 2.94. The van der Waals surface area contributed by atoms with E-state index in [2.05, 4.69) is 10.3 Å². The monoisotopic (exact) mass is 197 g/mol. The molecule has 5 N–H and O–H groups in total. The third-order valence-corrected chi connectivity index (χ3v) is 1.93. The van der Waals surface area contributed by atoms with Crippen LogP contribution >= 0.6 is 0 Å². The summed E-state index contributed by atoms with van der Waals surface area (Å²) in [5, 5.41) is 20.7. The van der Waals surface area contributed by atoms with Gasteiger partial charge in [0, 0.05) is 12.7 Å². The van der Waals surface area contributed by atoms with Crippen molar-refractivity contribution in [2.75, 3.05) is 18.5 Å². The predicted octanol–water partition coefficient (Wildman–Crippen LogP) is -0.695. The van der Waals surface area contributed by atoms with Crippen LogP contribution in [-0.2, 0) is 6.54 Å². The number of nitrogens with zero attached hydrogens (tertiary/aromatic N) is 1. The Balaban J connectivity index is 2.74. The number of anilines is 1. The molecule has 0 bridgehead atoms. The van der Waals surface area contributed by atoms with Gasteiger partial charge in [-0.3, -0.25) is 4.98 Å². The fourth-order valence-corrected chi connectivity index (χ4v) is 1.10. The molecule has 0 radical (unpaired) electrons. The highest BCUT2D eigenvalue weighted by atomic mass is 16.3. The van der Waals surface area contributed by atoms with Crippen molar-refractivity contribution in [2.45, 2.75) is 12.6 Å². The van der Waals surface area contributed by atoms with E-state index in [9.17, 15) is 0 Å². The van der Waals surface area contributed by atoms with Crippen molar-refractivity contribution in [3.8, 4) is 0 Å². The van der Waals surface area contributed by atoms with E-state index in [1.807, 2.05) is 0 Å². The van der Waals surface area contributed by atoms with Gasteiger partial charge in [0.05, 0.1) is 31.1 Å². The lowest BCUT2D eigenvalue weighted by atomic mass is 10.2. The van der Waals surface area contributed by atoms with Crippen molar-refractivity contribution < 1.29 is 10.2 Å². The number of nitrogens with two attached hydrogens (primary N) is 1. The molecule has 0 atom stereocenters. The van der Waals surface area contributed by atoms with E-state index >= 15 is 0 Å². The Bertz CT molecular complexity index is 277. The van der Waals surface area contributed by atoms with Gasteiger partial charge in [-0.15, -0.1) is 0 Å². The summed E-state index contributed by atoms with van der Waals surface area (Å²) in [5.41, 5.74) is 7.18. The predicted molar refractivity (Wildman–Crippen MR) is 53.7 cm³/mol. The number of aromatic nitrogens is 1. The lowest BCUT2D eigenvalue weighted by molar-refractivity contribution is 0.204. The largest absolute Gasteiger partial charge is 0.394 e. The van der Waals surface area contributed by atoms with Crippen molar-refractivity contribution in [1.82, 2.24) is 4.98 Å². The molecule has 0 saturated heterocycles. The SMILES string of the molecule is NCc1ccncc1NC(CO)CO. The maximum atomic E-state index is 8.88. The Morgan fingerprint density at radius 2 is 2.14 bits per heavy atom. The minimum absolute atomic E-state index is 0.130. The first-order valence-corrected chi connectivity index (χ1v) is 4.43. The first kappa shape index (κ1) is 10.9. The molecule has 0 saturated carbocycles. The average molecular weight is 197 g/mol. The molecule has 0 aromatic carbocycles. The van der Waals surface area contributed by atoms with Crippen LogP contribution in [0.3, 0.4) is 0 Å². The van der Waals surface area contributed by atoms with Crippen molar-refractivity contribution in [3.05, 3.63) is 24.0 Å². The summed E-state index contributed by atoms with van der Waals surface area (Å²) in [7, 11) is 0. The van der Waals surface area contributed by atoms with Gasteiger partial charge in [0.15, 0.2) is 0 Å². The van der Waals surface area contributed by atoms with Gasteiger partial charge in [-0.05, 0) is 11.6 Å². The fraction of sp³-hybridized carbons (Fsp3) is 0.444. The first-order valence-electron chi connectivity index (χ1n) is 4.43. The van der Waals surface area contributed by atoms with Gasteiger partial charge in [0.1, 0.15) is 0 Å². The molecular weight excluding hydrogens is 182 g/mol. The van der Waals surface area contributed by atoms with Gasteiger partial charge in [-0.1, -0.05) is 0 Å². The molecule has 78 valence electrons. The number of pyridine rings is 1. The molecule has 1 heterocycles. The maximum Gasteiger partial charge on any atom is 0.0723 e.